The summed E-state index contributed by atoms with van der Waals surface area (Å²) < 4.78 is 10.5. The molecule has 0 aliphatic rings. The first kappa shape index (κ1) is 24.1. The van der Waals surface area contributed by atoms with Crippen LogP contribution in [0.5, 0.6) is 5.75 Å². The molecule has 3 aromatic rings. The minimum atomic E-state index is -0.343. The Morgan fingerprint density at radius 3 is 2.21 bits per heavy atom. The Bertz CT molecular complexity index is 1020. The summed E-state index contributed by atoms with van der Waals surface area (Å²) in [6, 6.07) is 16.2. The summed E-state index contributed by atoms with van der Waals surface area (Å²) >= 11 is 0. The molecular formula is C27H30N2O4. The molecule has 6 nitrogen and oxygen atoms in total. The summed E-state index contributed by atoms with van der Waals surface area (Å²) in [6.07, 6.45) is 9.76. The number of hydrogen-bond donors (Lipinski definition) is 0. The molecule has 0 aliphatic heterocycles. The van der Waals surface area contributed by atoms with Crippen molar-refractivity contribution >= 4 is 11.9 Å². The molecule has 1 heterocycles. The van der Waals surface area contributed by atoms with Crippen LogP contribution in [-0.4, -0.2) is 28.0 Å². The van der Waals surface area contributed by atoms with E-state index in [0.717, 1.165) is 49.7 Å². The van der Waals surface area contributed by atoms with Crippen LogP contribution in [0.3, 0.4) is 0 Å². The van der Waals surface area contributed by atoms with Crippen molar-refractivity contribution in [1.29, 1.82) is 0 Å². The average molecular weight is 447 g/mol. The lowest BCUT2D eigenvalue weighted by atomic mass is 10.1. The van der Waals surface area contributed by atoms with Crippen LogP contribution in [0.15, 0.2) is 67.0 Å². The van der Waals surface area contributed by atoms with Gasteiger partial charge in [0.15, 0.2) is 5.82 Å². The molecule has 1 aromatic heterocycles. The minimum Gasteiger partial charge on any atom is -0.459 e. The third kappa shape index (κ3) is 8.15. The largest absolute Gasteiger partial charge is 0.459 e. The van der Waals surface area contributed by atoms with Crippen molar-refractivity contribution in [2.24, 2.45) is 0 Å². The molecule has 0 spiro atoms. The SMILES string of the molecule is CC(=O)Oc1ccc(-c2ncc(CCCCCCC(C)OC(=O)c3ccccc3)cn2)cc1. The molecule has 0 saturated carbocycles. The Kier molecular flexibility index (Phi) is 9.12. The average Bonchev–Trinajstić information content (AvgIpc) is 2.82. The topological polar surface area (TPSA) is 78.4 Å². The second-order valence-electron chi connectivity index (χ2n) is 8.07. The van der Waals surface area contributed by atoms with E-state index in [1.165, 1.54) is 6.92 Å². The number of unbranched alkanes of at least 4 members (excludes halogenated alkanes) is 3. The number of hydrogen-bond acceptors (Lipinski definition) is 6. The first-order valence-electron chi connectivity index (χ1n) is 11.4. The molecule has 172 valence electrons. The lowest BCUT2D eigenvalue weighted by Crippen LogP contribution is -2.14. The monoisotopic (exact) mass is 446 g/mol. The normalized spacial score (nSPS) is 11.6. The molecule has 0 radical (unpaired) electrons. The molecule has 0 fully saturated rings. The molecule has 0 N–H and O–H groups in total. The number of benzene rings is 2. The van der Waals surface area contributed by atoms with Crippen LogP contribution in [0.2, 0.25) is 0 Å². The van der Waals surface area contributed by atoms with Gasteiger partial charge in [-0.3, -0.25) is 4.79 Å². The lowest BCUT2D eigenvalue weighted by Gasteiger charge is -2.13. The van der Waals surface area contributed by atoms with E-state index in [1.807, 2.05) is 49.6 Å². The number of esters is 2. The highest BCUT2D eigenvalue weighted by atomic mass is 16.5. The van der Waals surface area contributed by atoms with E-state index in [0.29, 0.717) is 17.1 Å². The van der Waals surface area contributed by atoms with Gasteiger partial charge in [0.2, 0.25) is 0 Å². The fourth-order valence-electron chi connectivity index (χ4n) is 3.47. The van der Waals surface area contributed by atoms with Crippen molar-refractivity contribution in [1.82, 2.24) is 9.97 Å². The quantitative estimate of drug-likeness (QED) is 0.210. The number of aryl methyl sites for hydroxylation is 1. The third-order valence-corrected chi connectivity index (χ3v) is 5.22. The summed E-state index contributed by atoms with van der Waals surface area (Å²) in [5, 5.41) is 0. The summed E-state index contributed by atoms with van der Waals surface area (Å²) in [5.41, 5.74) is 2.58. The fraction of sp³-hybridized carbons (Fsp3) is 0.333. The van der Waals surface area contributed by atoms with Gasteiger partial charge in [0.25, 0.3) is 0 Å². The molecule has 1 unspecified atom stereocenters. The van der Waals surface area contributed by atoms with Gasteiger partial charge >= 0.3 is 11.9 Å². The zero-order chi connectivity index (χ0) is 23.5. The van der Waals surface area contributed by atoms with Gasteiger partial charge in [-0.1, -0.05) is 31.0 Å². The number of carbonyl (C=O) groups is 2. The Morgan fingerprint density at radius 1 is 0.879 bits per heavy atom. The van der Waals surface area contributed by atoms with Gasteiger partial charge in [-0.2, -0.15) is 0 Å². The van der Waals surface area contributed by atoms with Gasteiger partial charge in [0, 0.05) is 24.9 Å². The van der Waals surface area contributed by atoms with Crippen molar-refractivity contribution < 1.29 is 19.1 Å². The molecule has 0 amide bonds. The molecule has 0 aliphatic carbocycles. The predicted molar refractivity (Wildman–Crippen MR) is 127 cm³/mol. The van der Waals surface area contributed by atoms with Crippen LogP contribution in [0.25, 0.3) is 11.4 Å². The minimum absolute atomic E-state index is 0.0817. The standard InChI is InChI=1S/C27H30N2O4/c1-20(32-27(31)24-12-8-5-9-13-24)10-6-3-4-7-11-22-18-28-26(29-19-22)23-14-16-25(17-15-23)33-21(2)30/h5,8-9,12-20H,3-4,6-7,10-11H2,1-2H3. The first-order chi connectivity index (χ1) is 16.0. The molecule has 33 heavy (non-hydrogen) atoms. The van der Waals surface area contributed by atoms with Crippen molar-refractivity contribution in [3.05, 3.63) is 78.1 Å². The molecule has 0 bridgehead atoms. The predicted octanol–water partition coefficient (Wildman–Crippen LogP) is 5.81. The third-order valence-electron chi connectivity index (χ3n) is 5.22. The highest BCUT2D eigenvalue weighted by Crippen LogP contribution is 2.20. The summed E-state index contributed by atoms with van der Waals surface area (Å²) in [6.45, 7) is 3.32. The number of rotatable bonds is 11. The zero-order valence-corrected chi connectivity index (χ0v) is 19.2. The maximum absolute atomic E-state index is 12.1. The first-order valence-corrected chi connectivity index (χ1v) is 11.4. The van der Waals surface area contributed by atoms with E-state index >= 15 is 0 Å². The van der Waals surface area contributed by atoms with E-state index in [4.69, 9.17) is 9.47 Å². The van der Waals surface area contributed by atoms with Crippen LogP contribution in [0.4, 0.5) is 0 Å². The summed E-state index contributed by atoms with van der Waals surface area (Å²) in [5.74, 6) is 0.551. The summed E-state index contributed by atoms with van der Waals surface area (Å²) in [4.78, 5) is 32.0. The van der Waals surface area contributed by atoms with Crippen LogP contribution in [0.1, 0.15) is 61.9 Å². The molecule has 6 heteroatoms. The lowest BCUT2D eigenvalue weighted by molar-refractivity contribution is -0.131. The zero-order valence-electron chi connectivity index (χ0n) is 19.2. The van der Waals surface area contributed by atoms with E-state index in [1.54, 1.807) is 24.3 Å². The van der Waals surface area contributed by atoms with Gasteiger partial charge in [-0.25, -0.2) is 14.8 Å². The van der Waals surface area contributed by atoms with Crippen molar-refractivity contribution in [2.75, 3.05) is 0 Å². The van der Waals surface area contributed by atoms with E-state index in [9.17, 15) is 9.59 Å². The van der Waals surface area contributed by atoms with Gasteiger partial charge in [0.1, 0.15) is 5.75 Å². The number of nitrogens with zero attached hydrogens (tertiary/aromatic N) is 2. The second-order valence-corrected chi connectivity index (χ2v) is 8.07. The van der Waals surface area contributed by atoms with Crippen LogP contribution in [-0.2, 0) is 16.0 Å². The van der Waals surface area contributed by atoms with Gasteiger partial charge < -0.3 is 9.47 Å². The highest BCUT2D eigenvalue weighted by molar-refractivity contribution is 5.89. The van der Waals surface area contributed by atoms with E-state index in [2.05, 4.69) is 9.97 Å². The summed E-state index contributed by atoms with van der Waals surface area (Å²) in [7, 11) is 0. The molecular weight excluding hydrogens is 416 g/mol. The van der Waals surface area contributed by atoms with E-state index < -0.39 is 0 Å². The maximum atomic E-state index is 12.1. The van der Waals surface area contributed by atoms with Gasteiger partial charge in [0.05, 0.1) is 11.7 Å². The molecule has 2 aromatic carbocycles. The maximum Gasteiger partial charge on any atom is 0.338 e. The Labute approximate surface area is 195 Å². The van der Waals surface area contributed by atoms with Crippen LogP contribution in [0, 0.1) is 0 Å². The second kappa shape index (κ2) is 12.5. The molecule has 0 saturated heterocycles. The smallest absolute Gasteiger partial charge is 0.338 e. The van der Waals surface area contributed by atoms with Crippen molar-refractivity contribution in [2.45, 2.75) is 58.5 Å². The fourth-order valence-corrected chi connectivity index (χ4v) is 3.47. The van der Waals surface area contributed by atoms with Gasteiger partial charge in [-0.05, 0) is 74.6 Å². The van der Waals surface area contributed by atoms with Crippen molar-refractivity contribution in [3.8, 4) is 17.1 Å². The van der Waals surface area contributed by atoms with Crippen LogP contribution < -0.4 is 4.74 Å². The molecule has 3 rings (SSSR count). The number of carbonyl (C=O) groups excluding carboxylic acids is 2. The van der Waals surface area contributed by atoms with Crippen LogP contribution >= 0.6 is 0 Å². The highest BCUT2D eigenvalue weighted by Gasteiger charge is 2.11. The van der Waals surface area contributed by atoms with Crippen molar-refractivity contribution in [3.63, 3.8) is 0 Å². The number of ether oxygens (including phenoxy) is 2. The molecule has 1 atom stereocenters. The van der Waals surface area contributed by atoms with E-state index in [-0.39, 0.29) is 18.0 Å². The Balaban J connectivity index is 1.32. The van der Waals surface area contributed by atoms with Gasteiger partial charge in [-0.15, -0.1) is 0 Å². The Morgan fingerprint density at radius 2 is 1.55 bits per heavy atom. The Hall–Kier alpha value is -3.54. The number of aromatic nitrogens is 2.